The number of primary amides is 1. The molecule has 6 unspecified atom stereocenters. The van der Waals surface area contributed by atoms with Crippen molar-refractivity contribution in [2.75, 3.05) is 43.6 Å². The van der Waals surface area contributed by atoms with E-state index in [9.17, 15) is 46.0 Å². The zero-order valence-corrected chi connectivity index (χ0v) is 38.3. The van der Waals surface area contributed by atoms with Gasteiger partial charge in [-0.15, -0.1) is 0 Å². The Morgan fingerprint density at radius 2 is 1.93 bits per heavy atom. The monoisotopic (exact) mass is 963 g/mol. The summed E-state index contributed by atoms with van der Waals surface area (Å²) in [5.41, 5.74) is 4.86. The zero-order chi connectivity index (χ0) is 48.4. The molecule has 0 spiro atoms. The highest BCUT2D eigenvalue weighted by atomic mass is 32.2. The third kappa shape index (κ3) is 7.84. The van der Waals surface area contributed by atoms with Crippen LogP contribution in [-0.4, -0.2) is 141 Å². The van der Waals surface area contributed by atoms with Gasteiger partial charge in [0.05, 0.1) is 42.7 Å². The van der Waals surface area contributed by atoms with Crippen molar-refractivity contribution in [3.8, 4) is 11.3 Å². The van der Waals surface area contributed by atoms with Crippen molar-refractivity contribution in [1.82, 2.24) is 38.9 Å². The number of carbonyl (C=O) groups is 6. The van der Waals surface area contributed by atoms with Crippen molar-refractivity contribution < 1.29 is 55.4 Å². The molecule has 1 saturated carbocycles. The number of piperidine rings is 1. The van der Waals surface area contributed by atoms with Crippen LogP contribution < -0.4 is 20.7 Å². The molecule has 9 rings (SSSR count). The Bertz CT molecular complexity index is 2860. The first kappa shape index (κ1) is 46.7. The minimum Gasteiger partial charge on any atom is -0.384 e. The van der Waals surface area contributed by atoms with Gasteiger partial charge in [0.1, 0.15) is 28.7 Å². The molecule has 1 aromatic carbocycles. The van der Waals surface area contributed by atoms with E-state index in [2.05, 4.69) is 25.1 Å². The molecule has 362 valence electrons. The molecule has 7 heterocycles. The third-order valence-electron chi connectivity index (χ3n) is 14.1. The van der Waals surface area contributed by atoms with Gasteiger partial charge in [0, 0.05) is 56.1 Å². The number of hydrogen-bond acceptors (Lipinski definition) is 15. The van der Waals surface area contributed by atoms with E-state index in [1.165, 1.54) is 36.9 Å². The Labute approximate surface area is 388 Å². The molecular formula is C44H51F2N11O10S. The van der Waals surface area contributed by atoms with Crippen LogP contribution in [0.1, 0.15) is 103 Å². The van der Waals surface area contributed by atoms with Gasteiger partial charge in [-0.1, -0.05) is 13.0 Å². The topological polar surface area (TPSA) is 263 Å². The maximum Gasteiger partial charge on any atom is 0.264 e. The van der Waals surface area contributed by atoms with E-state index in [4.69, 9.17) is 20.2 Å². The van der Waals surface area contributed by atoms with Gasteiger partial charge in [0.15, 0.2) is 10.6 Å². The number of anilines is 2. The predicted molar refractivity (Wildman–Crippen MR) is 237 cm³/mol. The summed E-state index contributed by atoms with van der Waals surface area (Å²) in [6.45, 7) is 4.00. The van der Waals surface area contributed by atoms with Gasteiger partial charge < -0.3 is 25.4 Å². The molecule has 3 saturated heterocycles. The minimum atomic E-state index is -4.70. The number of morpholine rings is 1. The number of nitrogens with two attached hydrogens (primary N) is 1. The van der Waals surface area contributed by atoms with E-state index in [1.807, 2.05) is 0 Å². The second-order valence-corrected chi connectivity index (χ2v) is 20.2. The molecule has 6 amide bonds. The second kappa shape index (κ2) is 17.6. The number of fused-ring (bicyclic) bond motifs is 4. The molecule has 21 nitrogen and oxygen atoms in total. The summed E-state index contributed by atoms with van der Waals surface area (Å²) in [5, 5.41) is 12.1. The fourth-order valence-corrected chi connectivity index (χ4v) is 11.3. The molecule has 4 N–H and O–H groups in total. The molecule has 4 aromatic rings. The van der Waals surface area contributed by atoms with Crippen LogP contribution in [0.4, 0.5) is 20.3 Å². The fourth-order valence-electron chi connectivity index (χ4n) is 10.0. The van der Waals surface area contributed by atoms with Crippen molar-refractivity contribution in [1.29, 1.82) is 0 Å². The Morgan fingerprint density at radius 3 is 2.63 bits per heavy atom. The van der Waals surface area contributed by atoms with E-state index in [0.29, 0.717) is 24.7 Å². The lowest BCUT2D eigenvalue weighted by molar-refractivity contribution is -0.149. The quantitative estimate of drug-likeness (QED) is 0.108. The second-order valence-electron chi connectivity index (χ2n) is 18.1. The maximum absolute atomic E-state index is 14.5. The molecule has 4 aliphatic heterocycles. The zero-order valence-electron chi connectivity index (χ0n) is 37.5. The number of carbonyl (C=O) groups excluding carboxylic acids is 6. The Kier molecular flexibility index (Phi) is 12.1. The molecule has 24 heteroatoms. The van der Waals surface area contributed by atoms with Crippen molar-refractivity contribution in [3.63, 3.8) is 0 Å². The number of aromatic nitrogens is 5. The van der Waals surface area contributed by atoms with Crippen LogP contribution in [0.25, 0.3) is 16.9 Å². The fraction of sp³-hybridized carbons (Fsp3) is 0.523. The number of halogens is 2. The normalized spacial score (nSPS) is 24.9. The lowest BCUT2D eigenvalue weighted by atomic mass is 9.75. The first-order valence-corrected chi connectivity index (χ1v) is 24.0. The van der Waals surface area contributed by atoms with Gasteiger partial charge in [-0.25, -0.2) is 31.4 Å². The Hall–Kier alpha value is -6.40. The van der Waals surface area contributed by atoms with Gasteiger partial charge in [-0.3, -0.25) is 43.2 Å². The van der Waals surface area contributed by atoms with Gasteiger partial charge in [0.2, 0.25) is 12.3 Å². The smallest absolute Gasteiger partial charge is 0.264 e. The average Bonchev–Trinajstić information content (AvgIpc) is 4.17. The molecule has 6 atom stereocenters. The molecule has 0 radical (unpaired) electrons. The molecule has 4 fully saturated rings. The largest absolute Gasteiger partial charge is 0.384 e. The number of ether oxygens (including phenoxy) is 2. The van der Waals surface area contributed by atoms with E-state index < -0.39 is 80.7 Å². The number of likely N-dealkylation sites (N-methyl/N-ethyl adjacent to an activating group) is 1. The van der Waals surface area contributed by atoms with Crippen LogP contribution in [0.5, 0.6) is 0 Å². The number of likely N-dealkylation sites (tertiary alicyclic amines) is 1. The molecule has 1 aliphatic carbocycles. The van der Waals surface area contributed by atoms with Crippen LogP contribution in [0.15, 0.2) is 42.9 Å². The summed E-state index contributed by atoms with van der Waals surface area (Å²) in [6, 6.07) is 5.39. The van der Waals surface area contributed by atoms with Crippen LogP contribution >= 0.6 is 0 Å². The van der Waals surface area contributed by atoms with E-state index in [-0.39, 0.29) is 104 Å². The standard InChI is InChI=1S/C44H51F2N11O10S/c1-4-43(2,67-17-7-15-48-29-10-5-9-28-33(29)41(62)57(39(28)60)30-11-12-32(58)53(3)40(30)61)68(64,65)52-42(63)44(14-6-8-24(19-44)36(45)46)56-21-25(20-49-56)35-34(37(47)59)38-50-31(13-16-55(38)51-35)54-22-27-18-26(54)23-66-27/h5,9-10,13,16,20-21,24,26-27,30,36,48H,4,6-8,11-12,14-15,17-19,22-23H2,1-3H3,(H2,47,59)(H,52,63). The number of hydrogen-bond donors (Lipinski definition) is 3. The van der Waals surface area contributed by atoms with Crippen molar-refractivity contribution in [2.24, 2.45) is 11.7 Å². The van der Waals surface area contributed by atoms with Crippen LogP contribution in [0, 0.1) is 5.92 Å². The average molecular weight is 964 g/mol. The molecule has 68 heavy (non-hydrogen) atoms. The van der Waals surface area contributed by atoms with E-state index in [0.717, 1.165) is 20.9 Å². The van der Waals surface area contributed by atoms with E-state index >= 15 is 0 Å². The SMILES string of the molecule is CCC(C)(OCCCNc1cccc2c1C(=O)N(C1CCC(=O)N(C)C1=O)C2=O)S(=O)(=O)NC(=O)C1(n2cc(-c3nn4ccc(N5CC6CC5CO6)nc4c3C(N)=O)cn2)CCCC(C(F)F)C1. The van der Waals surface area contributed by atoms with Crippen molar-refractivity contribution in [2.45, 2.75) is 107 Å². The van der Waals surface area contributed by atoms with Gasteiger partial charge in [-0.2, -0.15) is 10.2 Å². The number of amides is 6. The van der Waals surface area contributed by atoms with Gasteiger partial charge >= 0.3 is 0 Å². The van der Waals surface area contributed by atoms with E-state index in [1.54, 1.807) is 31.3 Å². The molecule has 5 aliphatic rings. The summed E-state index contributed by atoms with van der Waals surface area (Å²) in [6.07, 6.45) is 2.22. The van der Waals surface area contributed by atoms with Gasteiger partial charge in [0.25, 0.3) is 39.6 Å². The number of alkyl halides is 2. The lowest BCUT2D eigenvalue weighted by Crippen LogP contribution is -2.57. The highest BCUT2D eigenvalue weighted by Gasteiger charge is 2.52. The molecule has 2 bridgehead atoms. The number of nitrogens with one attached hydrogen (secondary N) is 2. The molecule has 3 aromatic heterocycles. The predicted octanol–water partition coefficient (Wildman–Crippen LogP) is 2.65. The number of rotatable bonds is 16. The van der Waals surface area contributed by atoms with Crippen molar-refractivity contribution >= 4 is 62.6 Å². The van der Waals surface area contributed by atoms with Crippen LogP contribution in [0.2, 0.25) is 0 Å². The molecular weight excluding hydrogens is 913 g/mol. The van der Waals surface area contributed by atoms with Gasteiger partial charge in [-0.05, 0) is 76.5 Å². The van der Waals surface area contributed by atoms with Crippen LogP contribution in [-0.2, 0) is 39.4 Å². The number of benzene rings is 1. The summed E-state index contributed by atoms with van der Waals surface area (Å²) < 4.78 is 73.7. The highest BCUT2D eigenvalue weighted by Crippen LogP contribution is 2.43. The lowest BCUT2D eigenvalue weighted by Gasteiger charge is -2.40. The first-order chi connectivity index (χ1) is 32.4. The highest BCUT2D eigenvalue weighted by molar-refractivity contribution is 7.91. The number of imide groups is 2. The Balaban J connectivity index is 0.900. The van der Waals surface area contributed by atoms with Crippen molar-refractivity contribution in [3.05, 3.63) is 59.5 Å². The number of sulfonamides is 1. The first-order valence-electron chi connectivity index (χ1n) is 22.5. The van der Waals surface area contributed by atoms with Crippen LogP contribution in [0.3, 0.4) is 0 Å². The third-order valence-corrected chi connectivity index (χ3v) is 16.1. The number of nitrogens with zero attached hydrogens (tertiary/aromatic N) is 8. The maximum atomic E-state index is 14.5. The summed E-state index contributed by atoms with van der Waals surface area (Å²) in [4.78, 5) is 86.1. The summed E-state index contributed by atoms with van der Waals surface area (Å²) in [5.74, 6) is -5.01. The minimum absolute atomic E-state index is 0.00594. The summed E-state index contributed by atoms with van der Waals surface area (Å²) in [7, 11) is -3.39. The summed E-state index contributed by atoms with van der Waals surface area (Å²) >= 11 is 0. The Morgan fingerprint density at radius 1 is 1.13 bits per heavy atom.